The van der Waals surface area contributed by atoms with Crippen LogP contribution in [0.4, 0.5) is 0 Å². The minimum atomic E-state index is -1.19. The van der Waals surface area contributed by atoms with Crippen molar-refractivity contribution in [2.75, 3.05) is 32.8 Å². The summed E-state index contributed by atoms with van der Waals surface area (Å²) < 4.78 is 12.8. The quantitative estimate of drug-likeness (QED) is 0.0964. The lowest BCUT2D eigenvalue weighted by Gasteiger charge is -2.37. The molecular formula is C35H48BrN3O7. The minimum Gasteiger partial charge on any atom is -0.455 e. The Morgan fingerprint density at radius 1 is 1.20 bits per heavy atom. The van der Waals surface area contributed by atoms with Gasteiger partial charge in [0.2, 0.25) is 17.7 Å². The van der Waals surface area contributed by atoms with Gasteiger partial charge in [-0.25, -0.2) is 0 Å². The average molecular weight is 703 g/mol. The number of unbranched alkanes of at least 4 members (excludes halogenated alkanes) is 3. The van der Waals surface area contributed by atoms with Crippen LogP contribution >= 0.6 is 15.9 Å². The summed E-state index contributed by atoms with van der Waals surface area (Å²) >= 11 is 3.72. The molecule has 3 fully saturated rings. The van der Waals surface area contributed by atoms with Gasteiger partial charge in [-0.15, -0.1) is 13.2 Å². The number of hydrogen-bond acceptors (Lipinski definition) is 7. The lowest BCUT2D eigenvalue weighted by molar-refractivity contribution is -0.160. The molecule has 252 valence electrons. The Morgan fingerprint density at radius 2 is 1.96 bits per heavy atom. The maximum absolute atomic E-state index is 14.4. The number of benzene rings is 1. The van der Waals surface area contributed by atoms with Gasteiger partial charge in [0, 0.05) is 37.5 Å². The fourth-order valence-electron chi connectivity index (χ4n) is 7.10. The molecule has 0 aliphatic carbocycles. The summed E-state index contributed by atoms with van der Waals surface area (Å²) in [5.74, 6) is -3.09. The zero-order valence-electron chi connectivity index (χ0n) is 26.8. The molecule has 3 heterocycles. The second kappa shape index (κ2) is 16.7. The molecule has 3 saturated heterocycles. The van der Waals surface area contributed by atoms with Gasteiger partial charge in [-0.2, -0.15) is 0 Å². The normalized spacial score (nSPS) is 26.8. The first kappa shape index (κ1) is 35.8. The molecule has 3 aliphatic heterocycles. The van der Waals surface area contributed by atoms with Crippen molar-refractivity contribution in [1.29, 1.82) is 0 Å². The van der Waals surface area contributed by atoms with Crippen molar-refractivity contribution in [3.63, 3.8) is 0 Å². The van der Waals surface area contributed by atoms with Gasteiger partial charge >= 0.3 is 5.97 Å². The molecule has 11 heteroatoms. The van der Waals surface area contributed by atoms with Crippen LogP contribution in [0.15, 0.2) is 55.6 Å². The number of amides is 3. The Balaban J connectivity index is 1.64. The van der Waals surface area contributed by atoms with Gasteiger partial charge in [-0.3, -0.25) is 19.2 Å². The SMILES string of the molecule is C=CCCC(=O)NC[C@H](OC(=O)[C@@H]1[C@H]2O[C@@]3(CC2Br)[C@H](C(=O)N(CC=C)CCCC)N(CCCCCO)C(=O)[C@@H]13)c1ccccc1. The van der Waals surface area contributed by atoms with Crippen molar-refractivity contribution in [3.05, 3.63) is 61.2 Å². The third-order valence-electron chi connectivity index (χ3n) is 9.29. The predicted molar refractivity (Wildman–Crippen MR) is 178 cm³/mol. The number of hydrogen-bond donors (Lipinski definition) is 2. The van der Waals surface area contributed by atoms with E-state index in [1.165, 1.54) is 0 Å². The van der Waals surface area contributed by atoms with Crippen molar-refractivity contribution in [2.24, 2.45) is 11.8 Å². The number of alkyl halides is 1. The van der Waals surface area contributed by atoms with E-state index in [0.29, 0.717) is 57.3 Å². The number of esters is 1. The highest BCUT2D eigenvalue weighted by molar-refractivity contribution is 9.09. The van der Waals surface area contributed by atoms with Crippen molar-refractivity contribution in [1.82, 2.24) is 15.1 Å². The summed E-state index contributed by atoms with van der Waals surface area (Å²) in [6.07, 6.45) is 6.71. The molecule has 1 aromatic carbocycles. The molecule has 1 aromatic rings. The molecule has 3 aliphatic rings. The number of ether oxygens (including phenoxy) is 2. The molecule has 4 rings (SSSR count). The lowest BCUT2D eigenvalue weighted by Crippen LogP contribution is -2.57. The molecule has 0 aromatic heterocycles. The summed E-state index contributed by atoms with van der Waals surface area (Å²) in [6.45, 7) is 10.9. The number of aliphatic hydroxyl groups excluding tert-OH is 1. The maximum Gasteiger partial charge on any atom is 0.313 e. The molecule has 2 N–H and O–H groups in total. The molecule has 0 saturated carbocycles. The highest BCUT2D eigenvalue weighted by Crippen LogP contribution is 2.60. The molecular weight excluding hydrogens is 654 g/mol. The number of likely N-dealkylation sites (tertiary alicyclic amines) is 1. The molecule has 1 unspecified atom stereocenters. The highest BCUT2D eigenvalue weighted by Gasteiger charge is 2.77. The average Bonchev–Trinajstić information content (AvgIpc) is 3.65. The van der Waals surface area contributed by atoms with E-state index in [2.05, 4.69) is 41.3 Å². The number of halogens is 1. The predicted octanol–water partition coefficient (Wildman–Crippen LogP) is 4.08. The number of nitrogens with one attached hydrogen (secondary N) is 1. The smallest absolute Gasteiger partial charge is 0.313 e. The first-order chi connectivity index (χ1) is 22.2. The van der Waals surface area contributed by atoms with Crippen molar-refractivity contribution < 1.29 is 33.8 Å². The first-order valence-corrected chi connectivity index (χ1v) is 17.4. The first-order valence-electron chi connectivity index (χ1n) is 16.5. The van der Waals surface area contributed by atoms with Crippen LogP contribution in [-0.4, -0.2) is 94.0 Å². The number of allylic oxidation sites excluding steroid dienone is 1. The molecule has 3 amide bonds. The minimum absolute atomic E-state index is 0.0499. The number of rotatable bonds is 19. The molecule has 7 atom stereocenters. The number of carbonyl (C=O) groups is 4. The molecule has 1 spiro atoms. The number of aliphatic hydroxyl groups is 1. The van der Waals surface area contributed by atoms with E-state index >= 15 is 0 Å². The van der Waals surface area contributed by atoms with E-state index in [-0.39, 0.29) is 42.1 Å². The molecule has 2 bridgehead atoms. The summed E-state index contributed by atoms with van der Waals surface area (Å²) in [5.41, 5.74) is -0.484. The monoisotopic (exact) mass is 701 g/mol. The van der Waals surface area contributed by atoms with Crippen LogP contribution in [0.3, 0.4) is 0 Å². The van der Waals surface area contributed by atoms with E-state index < -0.39 is 41.7 Å². The zero-order valence-corrected chi connectivity index (χ0v) is 28.4. The van der Waals surface area contributed by atoms with Crippen LogP contribution in [0, 0.1) is 11.8 Å². The van der Waals surface area contributed by atoms with Gasteiger partial charge in [0.25, 0.3) is 0 Å². The van der Waals surface area contributed by atoms with E-state index in [0.717, 1.165) is 12.8 Å². The van der Waals surface area contributed by atoms with E-state index in [1.807, 2.05) is 30.3 Å². The third-order valence-corrected chi connectivity index (χ3v) is 10.1. The van der Waals surface area contributed by atoms with Gasteiger partial charge < -0.3 is 29.7 Å². The van der Waals surface area contributed by atoms with Crippen LogP contribution in [0.25, 0.3) is 0 Å². The number of carbonyl (C=O) groups excluding carboxylic acids is 4. The zero-order chi connectivity index (χ0) is 33.3. The van der Waals surface area contributed by atoms with Crippen molar-refractivity contribution >= 4 is 39.6 Å². The van der Waals surface area contributed by atoms with Gasteiger partial charge in [-0.1, -0.05) is 71.8 Å². The van der Waals surface area contributed by atoms with Crippen molar-refractivity contribution in [3.8, 4) is 0 Å². The second-order valence-electron chi connectivity index (χ2n) is 12.4. The van der Waals surface area contributed by atoms with Gasteiger partial charge in [0.1, 0.15) is 17.7 Å². The third kappa shape index (κ3) is 7.58. The van der Waals surface area contributed by atoms with Crippen LogP contribution < -0.4 is 5.32 Å². The van der Waals surface area contributed by atoms with Crippen molar-refractivity contribution in [2.45, 2.75) is 87.0 Å². The largest absolute Gasteiger partial charge is 0.455 e. The highest BCUT2D eigenvalue weighted by atomic mass is 79.9. The molecule has 46 heavy (non-hydrogen) atoms. The summed E-state index contributed by atoms with van der Waals surface area (Å²) in [6, 6.07) is 8.28. The fraction of sp³-hybridized carbons (Fsp3) is 0.600. The summed E-state index contributed by atoms with van der Waals surface area (Å²) in [4.78, 5) is 58.4. The topological polar surface area (TPSA) is 125 Å². The van der Waals surface area contributed by atoms with Crippen LogP contribution in [0.1, 0.15) is 70.0 Å². The fourth-order valence-corrected chi connectivity index (χ4v) is 8.04. The van der Waals surface area contributed by atoms with Gasteiger partial charge in [0.05, 0.1) is 24.5 Å². The Morgan fingerprint density at radius 3 is 2.63 bits per heavy atom. The summed E-state index contributed by atoms with van der Waals surface area (Å²) in [5, 5.41) is 12.2. The van der Waals surface area contributed by atoms with Crippen LogP contribution in [0.2, 0.25) is 0 Å². The van der Waals surface area contributed by atoms with E-state index in [4.69, 9.17) is 9.47 Å². The molecule has 0 radical (unpaired) electrons. The standard InChI is InChI=1S/C35H48BrN3O7/c1-4-7-17-27(41)37-23-26(24-15-11-9-12-16-24)45-34(44)28-29-32(42)39(20-13-10-14-21-40)31(35(29)22-25(36)30(28)46-35)33(43)38(18-6-3)19-8-5-2/h4,6,9,11-12,15-16,25-26,28-31,40H,1,3,5,7-8,10,13-14,17-23H2,2H3,(H,37,41)/t25?,26-,28-,29+,30-,31-,35+/m0/s1. The Bertz CT molecular complexity index is 1250. The van der Waals surface area contributed by atoms with Crippen LogP contribution in [-0.2, 0) is 28.7 Å². The second-order valence-corrected chi connectivity index (χ2v) is 13.5. The Hall–Kier alpha value is -3.02. The number of fused-ring (bicyclic) bond motifs is 1. The van der Waals surface area contributed by atoms with Gasteiger partial charge in [0.15, 0.2) is 0 Å². The van der Waals surface area contributed by atoms with E-state index in [9.17, 15) is 24.3 Å². The van der Waals surface area contributed by atoms with Crippen LogP contribution in [0.5, 0.6) is 0 Å². The van der Waals surface area contributed by atoms with E-state index in [1.54, 1.807) is 22.0 Å². The summed E-state index contributed by atoms with van der Waals surface area (Å²) in [7, 11) is 0. The number of nitrogens with zero attached hydrogens (tertiary/aromatic N) is 2. The lowest BCUT2D eigenvalue weighted by atomic mass is 9.70. The maximum atomic E-state index is 14.4. The Labute approximate surface area is 280 Å². The van der Waals surface area contributed by atoms with Gasteiger partial charge in [-0.05, 0) is 44.1 Å². The Kier molecular flexibility index (Phi) is 13.0. The molecule has 10 nitrogen and oxygen atoms in total.